The number of hydrogen-bond acceptors (Lipinski definition) is 4. The third-order valence-electron chi connectivity index (χ3n) is 4.91. The smallest absolute Gasteiger partial charge is 0.256 e. The Hall–Kier alpha value is -2.40. The Morgan fingerprint density at radius 1 is 1.14 bits per heavy atom. The summed E-state index contributed by atoms with van der Waals surface area (Å²) in [5.41, 5.74) is 1.63. The molecular weight excluding hydrogens is 276 g/mol. The van der Waals surface area contributed by atoms with Gasteiger partial charge in [0.1, 0.15) is 5.82 Å². The fraction of sp³-hybridized carbons (Fsp3) is 0.294. The van der Waals surface area contributed by atoms with Crippen molar-refractivity contribution in [3.63, 3.8) is 0 Å². The third kappa shape index (κ3) is 1.63. The van der Waals surface area contributed by atoms with Gasteiger partial charge in [0.05, 0.1) is 11.0 Å². The van der Waals surface area contributed by atoms with Crippen molar-refractivity contribution < 1.29 is 0 Å². The van der Waals surface area contributed by atoms with Gasteiger partial charge in [0.2, 0.25) is 0 Å². The van der Waals surface area contributed by atoms with Crippen LogP contribution in [0.2, 0.25) is 0 Å². The molecule has 0 spiro atoms. The molecule has 0 saturated carbocycles. The first-order chi connectivity index (χ1) is 10.8. The van der Waals surface area contributed by atoms with Crippen molar-refractivity contribution in [1.82, 2.24) is 15.3 Å². The third-order valence-corrected chi connectivity index (χ3v) is 4.91. The highest BCUT2D eigenvalue weighted by atomic mass is 16.1. The summed E-state index contributed by atoms with van der Waals surface area (Å²) in [6.07, 6.45) is 1.20. The summed E-state index contributed by atoms with van der Waals surface area (Å²) < 4.78 is 0. The van der Waals surface area contributed by atoms with E-state index in [-0.39, 0.29) is 5.56 Å². The molecule has 2 aliphatic heterocycles. The average Bonchev–Trinajstić information content (AvgIpc) is 3.18. The first-order valence-corrected chi connectivity index (χ1v) is 7.71. The Labute approximate surface area is 127 Å². The lowest BCUT2D eigenvalue weighted by atomic mass is 10.1. The van der Waals surface area contributed by atoms with E-state index in [9.17, 15) is 4.79 Å². The molecule has 2 N–H and O–H groups in total. The monoisotopic (exact) mass is 292 g/mol. The molecule has 22 heavy (non-hydrogen) atoms. The zero-order valence-corrected chi connectivity index (χ0v) is 12.0. The maximum absolute atomic E-state index is 12.1. The minimum atomic E-state index is -0.0536. The minimum absolute atomic E-state index is 0.0536. The van der Waals surface area contributed by atoms with E-state index in [0.29, 0.717) is 17.5 Å². The van der Waals surface area contributed by atoms with Crippen molar-refractivity contribution in [2.75, 3.05) is 18.0 Å². The number of aromatic amines is 1. The van der Waals surface area contributed by atoms with Gasteiger partial charge >= 0.3 is 0 Å². The molecule has 3 aromatic rings. The topological polar surface area (TPSA) is 61.0 Å². The predicted molar refractivity (Wildman–Crippen MR) is 87.4 cm³/mol. The molecule has 2 aromatic heterocycles. The second-order valence-corrected chi connectivity index (χ2v) is 6.21. The molecule has 2 fully saturated rings. The Bertz CT molecular complexity index is 948. The lowest BCUT2D eigenvalue weighted by Gasteiger charge is -2.28. The number of aromatic nitrogens is 2. The van der Waals surface area contributed by atoms with Gasteiger partial charge in [0, 0.05) is 35.9 Å². The zero-order chi connectivity index (χ0) is 14.7. The highest BCUT2D eigenvalue weighted by Gasteiger charge is 2.38. The van der Waals surface area contributed by atoms with Gasteiger partial charge in [0.15, 0.2) is 0 Å². The van der Waals surface area contributed by atoms with E-state index in [1.165, 1.54) is 6.42 Å². The van der Waals surface area contributed by atoms with Gasteiger partial charge in [-0.3, -0.25) is 4.79 Å². The van der Waals surface area contributed by atoms with E-state index in [0.717, 1.165) is 35.3 Å². The van der Waals surface area contributed by atoms with Crippen LogP contribution in [0.1, 0.15) is 6.42 Å². The van der Waals surface area contributed by atoms with E-state index in [1.807, 2.05) is 36.4 Å². The van der Waals surface area contributed by atoms with E-state index in [2.05, 4.69) is 15.2 Å². The quantitative estimate of drug-likeness (QED) is 0.669. The van der Waals surface area contributed by atoms with Crippen LogP contribution < -0.4 is 15.8 Å². The molecule has 0 unspecified atom stereocenters. The zero-order valence-electron chi connectivity index (χ0n) is 12.0. The number of fused-ring (bicyclic) bond motifs is 5. The molecule has 0 radical (unpaired) electrons. The Morgan fingerprint density at radius 2 is 2.00 bits per heavy atom. The SMILES string of the molecule is O=c1[nH]c2ccc(N3C[C@H]4C[C@@H]3CN4)nc2c2ccccc12. The maximum atomic E-state index is 12.1. The van der Waals surface area contributed by atoms with Crippen LogP contribution in [-0.4, -0.2) is 35.1 Å². The number of nitrogens with zero attached hydrogens (tertiary/aromatic N) is 2. The molecule has 2 aliphatic rings. The lowest BCUT2D eigenvalue weighted by molar-refractivity contribution is 0.577. The van der Waals surface area contributed by atoms with Crippen molar-refractivity contribution in [3.8, 4) is 0 Å². The molecule has 5 rings (SSSR count). The molecule has 110 valence electrons. The first-order valence-electron chi connectivity index (χ1n) is 7.71. The van der Waals surface area contributed by atoms with Crippen LogP contribution in [0.15, 0.2) is 41.2 Å². The van der Waals surface area contributed by atoms with Crippen LogP contribution in [-0.2, 0) is 0 Å². The van der Waals surface area contributed by atoms with E-state index in [1.54, 1.807) is 0 Å². The second kappa shape index (κ2) is 4.30. The lowest BCUT2D eigenvalue weighted by Crippen LogP contribution is -2.44. The fourth-order valence-electron chi connectivity index (χ4n) is 3.83. The maximum Gasteiger partial charge on any atom is 0.256 e. The summed E-state index contributed by atoms with van der Waals surface area (Å²) in [5, 5.41) is 5.13. The molecule has 1 aromatic carbocycles. The number of hydrogen-bond donors (Lipinski definition) is 2. The largest absolute Gasteiger partial charge is 0.351 e. The van der Waals surface area contributed by atoms with Crippen LogP contribution >= 0.6 is 0 Å². The number of piperazine rings is 1. The summed E-state index contributed by atoms with van der Waals surface area (Å²) in [6.45, 7) is 2.06. The second-order valence-electron chi connectivity index (χ2n) is 6.21. The molecule has 4 heterocycles. The van der Waals surface area contributed by atoms with Crippen LogP contribution in [0, 0.1) is 0 Å². The highest BCUT2D eigenvalue weighted by Crippen LogP contribution is 2.30. The van der Waals surface area contributed by atoms with Crippen molar-refractivity contribution in [2.45, 2.75) is 18.5 Å². The molecule has 0 amide bonds. The summed E-state index contributed by atoms with van der Waals surface area (Å²) in [5.74, 6) is 1.01. The summed E-state index contributed by atoms with van der Waals surface area (Å²) in [7, 11) is 0. The number of rotatable bonds is 1. The van der Waals surface area contributed by atoms with Crippen LogP contribution in [0.25, 0.3) is 21.8 Å². The molecular formula is C17H16N4O. The number of benzene rings is 1. The van der Waals surface area contributed by atoms with Gasteiger partial charge in [0.25, 0.3) is 5.56 Å². The van der Waals surface area contributed by atoms with Gasteiger partial charge in [-0.15, -0.1) is 0 Å². The van der Waals surface area contributed by atoms with E-state index < -0.39 is 0 Å². The van der Waals surface area contributed by atoms with Gasteiger partial charge in [-0.2, -0.15) is 0 Å². The van der Waals surface area contributed by atoms with Crippen LogP contribution in [0.4, 0.5) is 5.82 Å². The van der Waals surface area contributed by atoms with Crippen molar-refractivity contribution in [2.24, 2.45) is 0 Å². The van der Waals surface area contributed by atoms with Crippen molar-refractivity contribution >= 4 is 27.6 Å². The van der Waals surface area contributed by atoms with Crippen LogP contribution in [0.3, 0.4) is 0 Å². The number of H-pyrrole nitrogens is 1. The molecule has 0 aliphatic carbocycles. The van der Waals surface area contributed by atoms with Crippen molar-refractivity contribution in [3.05, 3.63) is 46.8 Å². The number of pyridine rings is 2. The van der Waals surface area contributed by atoms with Gasteiger partial charge in [-0.05, 0) is 24.6 Å². The number of anilines is 1. The summed E-state index contributed by atoms with van der Waals surface area (Å²) in [6, 6.07) is 12.8. The van der Waals surface area contributed by atoms with E-state index in [4.69, 9.17) is 4.98 Å². The standard InChI is InChI=1S/C17H16N4O/c22-17-13-4-2-1-3-12(13)16-14(19-17)5-6-15(20-16)21-9-10-7-11(21)8-18-10/h1-6,10-11,18H,7-9H2,(H,19,22)/t10-,11-/m1/s1. The van der Waals surface area contributed by atoms with Gasteiger partial charge < -0.3 is 15.2 Å². The van der Waals surface area contributed by atoms with Gasteiger partial charge in [-0.1, -0.05) is 18.2 Å². The fourth-order valence-corrected chi connectivity index (χ4v) is 3.83. The Balaban J connectivity index is 1.74. The predicted octanol–water partition coefficient (Wildman–Crippen LogP) is 1.63. The molecule has 2 saturated heterocycles. The average molecular weight is 292 g/mol. The Morgan fingerprint density at radius 3 is 2.77 bits per heavy atom. The van der Waals surface area contributed by atoms with Crippen LogP contribution in [0.5, 0.6) is 0 Å². The van der Waals surface area contributed by atoms with E-state index >= 15 is 0 Å². The number of nitrogens with one attached hydrogen (secondary N) is 2. The normalized spacial score (nSPS) is 23.7. The molecule has 2 bridgehead atoms. The molecule has 5 heteroatoms. The minimum Gasteiger partial charge on any atom is -0.351 e. The molecule has 2 atom stereocenters. The Kier molecular flexibility index (Phi) is 2.38. The first kappa shape index (κ1) is 12.2. The highest BCUT2D eigenvalue weighted by molar-refractivity contribution is 6.03. The summed E-state index contributed by atoms with van der Waals surface area (Å²) in [4.78, 5) is 22.3. The summed E-state index contributed by atoms with van der Waals surface area (Å²) >= 11 is 0. The van der Waals surface area contributed by atoms with Gasteiger partial charge in [-0.25, -0.2) is 4.98 Å². The molecule has 5 nitrogen and oxygen atoms in total. The van der Waals surface area contributed by atoms with Crippen molar-refractivity contribution in [1.29, 1.82) is 0 Å².